The van der Waals surface area contributed by atoms with Gasteiger partial charge in [-0.1, -0.05) is 42.8 Å². The molecule has 0 fully saturated rings. The topological polar surface area (TPSA) is 92.4 Å². The van der Waals surface area contributed by atoms with Crippen LogP contribution in [-0.2, 0) is 38.8 Å². The second-order valence-corrected chi connectivity index (χ2v) is 14.8. The van der Waals surface area contributed by atoms with Crippen molar-refractivity contribution >= 4 is 26.9 Å². The maximum Gasteiger partial charge on any atom is 0.306 e. The van der Waals surface area contributed by atoms with Crippen LogP contribution < -0.4 is 4.74 Å². The van der Waals surface area contributed by atoms with Crippen molar-refractivity contribution in [1.29, 1.82) is 0 Å². The Morgan fingerprint density at radius 3 is 2.47 bits per heavy atom. The van der Waals surface area contributed by atoms with Crippen molar-refractivity contribution in [3.8, 4) is 17.2 Å². The van der Waals surface area contributed by atoms with Gasteiger partial charge in [-0.15, -0.1) is 0 Å². The predicted molar refractivity (Wildman–Crippen MR) is 190 cm³/mol. The number of carbonyl (C=O) groups is 1. The van der Waals surface area contributed by atoms with Crippen LogP contribution in [0.15, 0.2) is 83.9 Å². The number of ether oxygens (including phenoxy) is 2. The minimum atomic E-state index is -4.17. The highest BCUT2D eigenvalue weighted by atomic mass is 32.2. The number of benzene rings is 4. The van der Waals surface area contributed by atoms with Gasteiger partial charge in [-0.25, -0.2) is 34.6 Å². The van der Waals surface area contributed by atoms with E-state index >= 15 is 17.6 Å². The van der Waals surface area contributed by atoms with Gasteiger partial charge < -0.3 is 9.47 Å². The Kier molecular flexibility index (Phi) is 9.62. The third-order valence-corrected chi connectivity index (χ3v) is 11.3. The van der Waals surface area contributed by atoms with Gasteiger partial charge in [-0.2, -0.15) is 5.10 Å². The van der Waals surface area contributed by atoms with Gasteiger partial charge in [0.05, 0.1) is 22.7 Å². The quantitative estimate of drug-likeness (QED) is 0.0973. The minimum Gasteiger partial charge on any atom is -0.466 e. The molecule has 0 aliphatic heterocycles. The molecule has 0 amide bonds. The standard InChI is InChI=1S/C40H35F4N3O5S/c1-4-51-36(48)18-13-25-7-5-8-28(37(25)43)24(3)39-30-9-6-10-33(30)47(45-39)35-21-26(14-17-31(35)41)52-40-32(42)22-34-29(38(40)44)19-20-46(34)53(49,50)27-15-11-23(2)12-16-27/h5,7-8,11-12,14-17,19-22,24H,4,6,9-10,13,18H2,1-3H3. The molecule has 1 unspecified atom stereocenters. The number of hydrogen-bond donors (Lipinski definition) is 0. The summed E-state index contributed by atoms with van der Waals surface area (Å²) in [4.78, 5) is 11.9. The Hall–Kier alpha value is -5.43. The normalized spacial score (nSPS) is 13.3. The van der Waals surface area contributed by atoms with E-state index < -0.39 is 50.9 Å². The van der Waals surface area contributed by atoms with Gasteiger partial charge >= 0.3 is 5.97 Å². The molecule has 13 heteroatoms. The fourth-order valence-corrected chi connectivity index (χ4v) is 8.23. The third kappa shape index (κ3) is 6.58. The SMILES string of the molecule is CCOC(=O)CCc1cccc(C(C)c2nn(-c3cc(Oc4c(F)cc5c(ccn5S(=O)(=O)c5ccc(C)cc5)c4F)ccc3F)c3c2CCC3)c1F. The highest BCUT2D eigenvalue weighted by Gasteiger charge is 2.30. The van der Waals surface area contributed by atoms with E-state index in [0.29, 0.717) is 29.7 Å². The molecule has 0 N–H and O–H groups in total. The van der Waals surface area contributed by atoms with E-state index in [4.69, 9.17) is 14.6 Å². The van der Waals surface area contributed by atoms with E-state index in [1.807, 2.05) is 6.92 Å². The average molecular weight is 746 g/mol. The molecule has 0 bridgehead atoms. The molecule has 0 spiro atoms. The first kappa shape index (κ1) is 36.0. The van der Waals surface area contributed by atoms with Gasteiger partial charge in [-0.3, -0.25) is 4.79 Å². The fraction of sp³-hybridized carbons (Fsp3) is 0.250. The van der Waals surface area contributed by atoms with Gasteiger partial charge in [0.1, 0.15) is 23.1 Å². The molecule has 7 rings (SSSR count). The summed E-state index contributed by atoms with van der Waals surface area (Å²) in [6, 6.07) is 16.8. The molecule has 1 aliphatic rings. The average Bonchev–Trinajstić information content (AvgIpc) is 3.87. The third-order valence-electron chi connectivity index (χ3n) is 9.60. The molecule has 274 valence electrons. The van der Waals surface area contributed by atoms with Crippen LogP contribution in [0, 0.1) is 30.2 Å². The number of hydrogen-bond acceptors (Lipinski definition) is 6. The molecule has 0 radical (unpaired) electrons. The number of aryl methyl sites for hydroxylation is 2. The summed E-state index contributed by atoms with van der Waals surface area (Å²) >= 11 is 0. The fourth-order valence-electron chi connectivity index (χ4n) is 6.89. The van der Waals surface area contributed by atoms with Crippen LogP contribution in [0.2, 0.25) is 0 Å². The summed E-state index contributed by atoms with van der Waals surface area (Å²) in [7, 11) is -4.17. The minimum absolute atomic E-state index is 0.0278. The van der Waals surface area contributed by atoms with E-state index in [1.165, 1.54) is 35.0 Å². The molecule has 1 atom stereocenters. The van der Waals surface area contributed by atoms with Crippen LogP contribution in [0.1, 0.15) is 66.2 Å². The van der Waals surface area contributed by atoms with Gasteiger partial charge in [0, 0.05) is 41.7 Å². The van der Waals surface area contributed by atoms with Crippen molar-refractivity contribution in [2.24, 2.45) is 0 Å². The Bertz CT molecular complexity index is 2490. The Morgan fingerprint density at radius 1 is 0.943 bits per heavy atom. The van der Waals surface area contributed by atoms with E-state index in [0.717, 1.165) is 45.5 Å². The van der Waals surface area contributed by atoms with Crippen LogP contribution in [0.4, 0.5) is 17.6 Å². The second-order valence-electron chi connectivity index (χ2n) is 13.0. The van der Waals surface area contributed by atoms with Crippen molar-refractivity contribution < 1.29 is 40.2 Å². The maximum absolute atomic E-state index is 15.9. The van der Waals surface area contributed by atoms with Crippen molar-refractivity contribution in [2.45, 2.75) is 63.7 Å². The molecule has 0 saturated carbocycles. The predicted octanol–water partition coefficient (Wildman–Crippen LogP) is 8.86. The highest BCUT2D eigenvalue weighted by molar-refractivity contribution is 7.90. The first-order valence-corrected chi connectivity index (χ1v) is 18.7. The monoisotopic (exact) mass is 745 g/mol. The molecule has 53 heavy (non-hydrogen) atoms. The van der Waals surface area contributed by atoms with Crippen LogP contribution in [-0.4, -0.2) is 34.7 Å². The largest absolute Gasteiger partial charge is 0.466 e. The van der Waals surface area contributed by atoms with Crippen LogP contribution in [0.3, 0.4) is 0 Å². The van der Waals surface area contributed by atoms with Crippen molar-refractivity contribution in [1.82, 2.24) is 13.8 Å². The van der Waals surface area contributed by atoms with E-state index in [1.54, 1.807) is 44.2 Å². The molecule has 8 nitrogen and oxygen atoms in total. The Balaban J connectivity index is 1.20. The summed E-state index contributed by atoms with van der Waals surface area (Å²) in [6.07, 6.45) is 3.33. The summed E-state index contributed by atoms with van der Waals surface area (Å²) in [5, 5.41) is 4.57. The van der Waals surface area contributed by atoms with Gasteiger partial charge in [0.15, 0.2) is 17.4 Å². The molecular formula is C40H35F4N3O5S. The summed E-state index contributed by atoms with van der Waals surface area (Å²) in [5.41, 5.74) is 3.52. The number of fused-ring (bicyclic) bond motifs is 2. The number of esters is 1. The van der Waals surface area contributed by atoms with E-state index in [-0.39, 0.29) is 46.7 Å². The lowest BCUT2D eigenvalue weighted by molar-refractivity contribution is -0.143. The molecular weight excluding hydrogens is 711 g/mol. The lowest BCUT2D eigenvalue weighted by Gasteiger charge is -2.15. The Morgan fingerprint density at radius 2 is 1.72 bits per heavy atom. The first-order chi connectivity index (χ1) is 25.4. The zero-order valence-electron chi connectivity index (χ0n) is 29.1. The van der Waals surface area contributed by atoms with E-state index in [2.05, 4.69) is 0 Å². The van der Waals surface area contributed by atoms with Crippen LogP contribution in [0.5, 0.6) is 11.5 Å². The van der Waals surface area contributed by atoms with Crippen LogP contribution in [0.25, 0.3) is 16.6 Å². The molecule has 2 aromatic heterocycles. The zero-order valence-corrected chi connectivity index (χ0v) is 29.9. The number of aromatic nitrogens is 3. The smallest absolute Gasteiger partial charge is 0.306 e. The van der Waals surface area contributed by atoms with Crippen molar-refractivity contribution in [2.75, 3.05) is 6.61 Å². The lowest BCUT2D eigenvalue weighted by atomic mass is 9.92. The van der Waals surface area contributed by atoms with Crippen molar-refractivity contribution in [3.63, 3.8) is 0 Å². The molecule has 4 aromatic carbocycles. The maximum atomic E-state index is 15.9. The first-order valence-electron chi connectivity index (χ1n) is 17.2. The molecule has 0 saturated heterocycles. The number of rotatable bonds is 11. The highest BCUT2D eigenvalue weighted by Crippen LogP contribution is 2.39. The molecule has 6 aromatic rings. The van der Waals surface area contributed by atoms with Crippen molar-refractivity contribution in [3.05, 3.63) is 136 Å². The van der Waals surface area contributed by atoms with E-state index in [9.17, 15) is 13.2 Å². The zero-order chi connectivity index (χ0) is 37.6. The van der Waals surface area contributed by atoms with Gasteiger partial charge in [-0.05, 0) is 86.6 Å². The second kappa shape index (κ2) is 14.2. The summed E-state index contributed by atoms with van der Waals surface area (Å²) < 4.78 is 102. The number of nitrogens with zero attached hydrogens (tertiary/aromatic N) is 3. The number of carbonyl (C=O) groups excluding carboxylic acids is 1. The molecule has 2 heterocycles. The Labute approximate surface area is 303 Å². The lowest BCUT2D eigenvalue weighted by Crippen LogP contribution is -2.12. The number of halogens is 4. The van der Waals surface area contributed by atoms with Crippen LogP contribution >= 0.6 is 0 Å². The van der Waals surface area contributed by atoms with Gasteiger partial charge in [0.2, 0.25) is 0 Å². The van der Waals surface area contributed by atoms with Gasteiger partial charge in [0.25, 0.3) is 10.0 Å². The summed E-state index contributed by atoms with van der Waals surface area (Å²) in [5.74, 6) is -5.24. The summed E-state index contributed by atoms with van der Waals surface area (Å²) in [6.45, 7) is 5.57. The molecule has 1 aliphatic carbocycles.